The smallest absolute Gasteiger partial charge is 0.305 e. The van der Waals surface area contributed by atoms with Crippen molar-refractivity contribution in [3.8, 4) is 0 Å². The van der Waals surface area contributed by atoms with Crippen LogP contribution in [0.3, 0.4) is 0 Å². The lowest BCUT2D eigenvalue weighted by molar-refractivity contribution is -0.140. The van der Waals surface area contributed by atoms with E-state index >= 15 is 0 Å². The molecule has 1 atom stereocenters. The van der Waals surface area contributed by atoms with Gasteiger partial charge in [-0.3, -0.25) is 9.59 Å². The van der Waals surface area contributed by atoms with Gasteiger partial charge in [-0.15, -0.1) is 0 Å². The summed E-state index contributed by atoms with van der Waals surface area (Å²) < 4.78 is 0. The number of carbonyl (C=O) groups excluding carboxylic acids is 1. The van der Waals surface area contributed by atoms with Crippen molar-refractivity contribution in [1.29, 1.82) is 0 Å². The molecule has 0 aliphatic carbocycles. The third kappa shape index (κ3) is 5.90. The Balaban J connectivity index is 1.74. The van der Waals surface area contributed by atoms with Crippen LogP contribution in [0.5, 0.6) is 0 Å². The minimum Gasteiger partial charge on any atom is -0.481 e. The zero-order chi connectivity index (χ0) is 16.7. The van der Waals surface area contributed by atoms with Crippen molar-refractivity contribution in [2.75, 3.05) is 18.1 Å². The first kappa shape index (κ1) is 17.9. The molecule has 0 spiro atoms. The third-order valence-electron chi connectivity index (χ3n) is 4.18. The van der Waals surface area contributed by atoms with E-state index in [4.69, 9.17) is 5.11 Å². The van der Waals surface area contributed by atoms with Crippen LogP contribution >= 0.6 is 11.8 Å². The van der Waals surface area contributed by atoms with E-state index in [2.05, 4.69) is 31.2 Å². The Labute approximate surface area is 142 Å². The summed E-state index contributed by atoms with van der Waals surface area (Å²) in [5.41, 5.74) is 2.57. The molecule has 1 unspecified atom stereocenters. The van der Waals surface area contributed by atoms with Gasteiger partial charge in [-0.1, -0.05) is 29.8 Å². The summed E-state index contributed by atoms with van der Waals surface area (Å²) in [6, 6.07) is 8.37. The Morgan fingerprint density at radius 2 is 2.00 bits per heavy atom. The van der Waals surface area contributed by atoms with Gasteiger partial charge in [0.2, 0.25) is 5.91 Å². The highest BCUT2D eigenvalue weighted by molar-refractivity contribution is 7.99. The Morgan fingerprint density at radius 1 is 1.26 bits per heavy atom. The number of carboxylic acids is 1. The average molecular weight is 335 g/mol. The number of rotatable bonds is 7. The molecular formula is C18H25NO3S. The van der Waals surface area contributed by atoms with Crippen molar-refractivity contribution >= 4 is 23.6 Å². The number of benzene rings is 1. The SMILES string of the molecule is Cc1ccc(CCCCC(=O)N2CCSCC2CC(=O)O)cc1. The molecule has 2 rings (SSSR count). The number of hydrogen-bond donors (Lipinski definition) is 1. The maximum absolute atomic E-state index is 12.4. The van der Waals surface area contributed by atoms with Gasteiger partial charge in [-0.25, -0.2) is 0 Å². The lowest BCUT2D eigenvalue weighted by Crippen LogP contribution is -2.47. The van der Waals surface area contributed by atoms with Crippen molar-refractivity contribution in [1.82, 2.24) is 4.90 Å². The van der Waals surface area contributed by atoms with Crippen molar-refractivity contribution in [2.24, 2.45) is 0 Å². The number of amides is 1. The van der Waals surface area contributed by atoms with Crippen LogP contribution in [0.2, 0.25) is 0 Å². The number of unbranched alkanes of at least 4 members (excludes halogenated alkanes) is 1. The number of nitrogens with zero attached hydrogens (tertiary/aromatic N) is 1. The Morgan fingerprint density at radius 3 is 2.70 bits per heavy atom. The third-order valence-corrected chi connectivity index (χ3v) is 5.28. The van der Waals surface area contributed by atoms with E-state index in [1.807, 2.05) is 0 Å². The average Bonchev–Trinajstić information content (AvgIpc) is 2.53. The maximum atomic E-state index is 12.4. The fourth-order valence-corrected chi connectivity index (χ4v) is 3.92. The molecule has 1 amide bonds. The summed E-state index contributed by atoms with van der Waals surface area (Å²) in [4.78, 5) is 25.1. The molecule has 1 N–H and O–H groups in total. The summed E-state index contributed by atoms with van der Waals surface area (Å²) in [6.07, 6.45) is 3.41. The second-order valence-electron chi connectivity index (χ2n) is 6.11. The Hall–Kier alpha value is -1.49. The van der Waals surface area contributed by atoms with Crippen LogP contribution < -0.4 is 0 Å². The standard InChI is InChI=1S/C18H25NO3S/c1-14-6-8-15(9-7-14)4-2-3-5-17(20)19-10-11-23-13-16(19)12-18(21)22/h6-9,16H,2-5,10-13H2,1H3,(H,21,22). The molecule has 1 heterocycles. The quantitative estimate of drug-likeness (QED) is 0.778. The maximum Gasteiger partial charge on any atom is 0.305 e. The molecule has 4 nitrogen and oxygen atoms in total. The highest BCUT2D eigenvalue weighted by atomic mass is 32.2. The predicted molar refractivity (Wildman–Crippen MR) is 93.8 cm³/mol. The van der Waals surface area contributed by atoms with Crippen LogP contribution in [-0.2, 0) is 16.0 Å². The van der Waals surface area contributed by atoms with Crippen LogP contribution in [0.25, 0.3) is 0 Å². The van der Waals surface area contributed by atoms with Gasteiger partial charge in [-0.2, -0.15) is 11.8 Å². The lowest BCUT2D eigenvalue weighted by Gasteiger charge is -2.34. The summed E-state index contributed by atoms with van der Waals surface area (Å²) in [6.45, 7) is 2.76. The highest BCUT2D eigenvalue weighted by Crippen LogP contribution is 2.20. The largest absolute Gasteiger partial charge is 0.481 e. The molecule has 23 heavy (non-hydrogen) atoms. The van der Waals surface area contributed by atoms with Crippen LogP contribution in [0.4, 0.5) is 0 Å². The van der Waals surface area contributed by atoms with Crippen LogP contribution in [-0.4, -0.2) is 46.0 Å². The van der Waals surface area contributed by atoms with E-state index in [0.29, 0.717) is 13.0 Å². The molecule has 1 aromatic rings. The number of hydrogen-bond acceptors (Lipinski definition) is 3. The first-order valence-corrected chi connectivity index (χ1v) is 9.36. The topological polar surface area (TPSA) is 57.6 Å². The van der Waals surface area contributed by atoms with Gasteiger partial charge in [0, 0.05) is 24.5 Å². The summed E-state index contributed by atoms with van der Waals surface area (Å²) >= 11 is 1.74. The molecule has 0 saturated carbocycles. The number of carbonyl (C=O) groups is 2. The summed E-state index contributed by atoms with van der Waals surface area (Å²) in [5, 5.41) is 8.98. The lowest BCUT2D eigenvalue weighted by atomic mass is 10.0. The van der Waals surface area contributed by atoms with Gasteiger partial charge in [0.25, 0.3) is 0 Å². The molecule has 1 fully saturated rings. The van der Waals surface area contributed by atoms with Crippen molar-refractivity contribution in [2.45, 2.75) is 45.1 Å². The number of thioether (sulfide) groups is 1. The molecule has 1 saturated heterocycles. The molecule has 1 aromatic carbocycles. The van der Waals surface area contributed by atoms with Crippen molar-refractivity contribution in [3.05, 3.63) is 35.4 Å². The van der Waals surface area contributed by atoms with Gasteiger partial charge in [0.1, 0.15) is 0 Å². The molecule has 126 valence electrons. The number of carboxylic acid groups (broad SMARTS) is 1. The predicted octanol–water partition coefficient (Wildman–Crippen LogP) is 3.13. The minimum atomic E-state index is -0.824. The van der Waals surface area contributed by atoms with Gasteiger partial charge >= 0.3 is 5.97 Å². The fraction of sp³-hybridized carbons (Fsp3) is 0.556. The van der Waals surface area contributed by atoms with Crippen LogP contribution in [0.15, 0.2) is 24.3 Å². The normalized spacial score (nSPS) is 18.0. The van der Waals surface area contributed by atoms with Gasteiger partial charge in [0.15, 0.2) is 0 Å². The zero-order valence-corrected chi connectivity index (χ0v) is 14.5. The first-order chi connectivity index (χ1) is 11.1. The van der Waals surface area contributed by atoms with E-state index in [1.54, 1.807) is 16.7 Å². The number of aryl methyl sites for hydroxylation is 2. The monoisotopic (exact) mass is 335 g/mol. The van der Waals surface area contributed by atoms with Crippen LogP contribution in [0, 0.1) is 6.92 Å². The van der Waals surface area contributed by atoms with Crippen molar-refractivity contribution < 1.29 is 14.7 Å². The fourth-order valence-electron chi connectivity index (χ4n) is 2.86. The molecule has 5 heteroatoms. The molecule has 0 radical (unpaired) electrons. The zero-order valence-electron chi connectivity index (χ0n) is 13.7. The molecule has 0 aromatic heterocycles. The molecule has 1 aliphatic rings. The summed E-state index contributed by atoms with van der Waals surface area (Å²) in [7, 11) is 0. The van der Waals surface area contributed by atoms with E-state index in [9.17, 15) is 9.59 Å². The molecule has 0 bridgehead atoms. The van der Waals surface area contributed by atoms with Crippen LogP contribution in [0.1, 0.15) is 36.8 Å². The minimum absolute atomic E-state index is 0.0576. The second kappa shape index (κ2) is 8.96. The Kier molecular flexibility index (Phi) is 6.96. The van der Waals surface area contributed by atoms with E-state index in [1.165, 1.54) is 11.1 Å². The highest BCUT2D eigenvalue weighted by Gasteiger charge is 2.28. The Bertz CT molecular complexity index is 530. The molecule has 1 aliphatic heterocycles. The molecular weight excluding hydrogens is 310 g/mol. The van der Waals surface area contributed by atoms with E-state index in [0.717, 1.165) is 30.8 Å². The van der Waals surface area contributed by atoms with E-state index in [-0.39, 0.29) is 18.4 Å². The second-order valence-corrected chi connectivity index (χ2v) is 7.26. The van der Waals surface area contributed by atoms with Gasteiger partial charge in [0.05, 0.1) is 12.5 Å². The summed E-state index contributed by atoms with van der Waals surface area (Å²) in [5.74, 6) is 0.933. The van der Waals surface area contributed by atoms with Gasteiger partial charge < -0.3 is 10.0 Å². The first-order valence-electron chi connectivity index (χ1n) is 8.21. The van der Waals surface area contributed by atoms with Crippen molar-refractivity contribution in [3.63, 3.8) is 0 Å². The van der Waals surface area contributed by atoms with Gasteiger partial charge in [-0.05, 0) is 31.7 Å². The number of aliphatic carboxylic acids is 1. The van der Waals surface area contributed by atoms with E-state index < -0.39 is 5.97 Å².